The topological polar surface area (TPSA) is 68.0 Å². The lowest BCUT2D eigenvalue weighted by Crippen LogP contribution is -2.48. The fraction of sp³-hybridized carbons (Fsp3) is 0.696. The molecule has 0 bridgehead atoms. The number of non-ortho nitro benzene ring substituents is 1. The SMILES string of the molecule is CC(C)c1cc([N+](=O)[O-])ccc1N=C1SC[C@H](C(C)OC(C)(C)C)N1C1CCCC1. The van der Waals surface area contributed by atoms with Crippen LogP contribution in [0.4, 0.5) is 11.4 Å². The van der Waals surface area contributed by atoms with Crippen LogP contribution in [0.25, 0.3) is 0 Å². The van der Waals surface area contributed by atoms with E-state index in [4.69, 9.17) is 9.73 Å². The maximum absolute atomic E-state index is 11.2. The van der Waals surface area contributed by atoms with Gasteiger partial charge in [-0.05, 0) is 58.1 Å². The summed E-state index contributed by atoms with van der Waals surface area (Å²) in [5.41, 5.74) is 1.70. The molecule has 30 heavy (non-hydrogen) atoms. The molecule has 0 N–H and O–H groups in total. The van der Waals surface area contributed by atoms with Gasteiger partial charge in [0.25, 0.3) is 5.69 Å². The first-order valence-electron chi connectivity index (χ1n) is 11.0. The van der Waals surface area contributed by atoms with Crippen molar-refractivity contribution in [3.8, 4) is 0 Å². The summed E-state index contributed by atoms with van der Waals surface area (Å²) in [4.78, 5) is 18.5. The number of aliphatic imine (C=N–C) groups is 1. The van der Waals surface area contributed by atoms with Crippen LogP contribution in [0.5, 0.6) is 0 Å². The Morgan fingerprint density at radius 2 is 1.90 bits per heavy atom. The number of ether oxygens (including phenoxy) is 1. The van der Waals surface area contributed by atoms with E-state index in [0.717, 1.165) is 22.2 Å². The number of nitro groups is 1. The number of rotatable bonds is 6. The molecule has 2 fully saturated rings. The summed E-state index contributed by atoms with van der Waals surface area (Å²) in [6, 6.07) is 5.82. The normalized spacial score (nSPS) is 23.0. The molecule has 1 saturated heterocycles. The second kappa shape index (κ2) is 9.27. The number of nitro benzene ring substituents is 1. The van der Waals surface area contributed by atoms with Crippen molar-refractivity contribution < 1.29 is 9.66 Å². The number of hydrogen-bond donors (Lipinski definition) is 0. The zero-order valence-electron chi connectivity index (χ0n) is 19.1. The predicted octanol–water partition coefficient (Wildman–Crippen LogP) is 6.27. The second-order valence-electron chi connectivity index (χ2n) is 9.71. The van der Waals surface area contributed by atoms with Gasteiger partial charge in [0.1, 0.15) is 0 Å². The van der Waals surface area contributed by atoms with Gasteiger partial charge in [-0.15, -0.1) is 0 Å². The summed E-state index contributed by atoms with van der Waals surface area (Å²) < 4.78 is 6.33. The molecule has 1 aliphatic heterocycles. The van der Waals surface area contributed by atoms with Gasteiger partial charge in [-0.2, -0.15) is 0 Å². The highest BCUT2D eigenvalue weighted by Gasteiger charge is 2.41. The monoisotopic (exact) mass is 433 g/mol. The van der Waals surface area contributed by atoms with Gasteiger partial charge in [0.05, 0.1) is 28.4 Å². The average Bonchev–Trinajstić information content (AvgIpc) is 3.29. The van der Waals surface area contributed by atoms with E-state index >= 15 is 0 Å². The minimum absolute atomic E-state index is 0.104. The van der Waals surface area contributed by atoms with Gasteiger partial charge in [-0.3, -0.25) is 10.1 Å². The molecule has 2 atom stereocenters. The van der Waals surface area contributed by atoms with Crippen molar-refractivity contribution >= 4 is 28.3 Å². The molecule has 7 heteroatoms. The molecule has 1 saturated carbocycles. The molecule has 1 unspecified atom stereocenters. The number of amidine groups is 1. The van der Waals surface area contributed by atoms with Gasteiger partial charge >= 0.3 is 0 Å². The van der Waals surface area contributed by atoms with Gasteiger partial charge in [0, 0.05) is 23.9 Å². The zero-order valence-corrected chi connectivity index (χ0v) is 19.9. The molecule has 6 nitrogen and oxygen atoms in total. The molecule has 1 aliphatic carbocycles. The largest absolute Gasteiger partial charge is 0.371 e. The van der Waals surface area contributed by atoms with E-state index < -0.39 is 0 Å². The molecule has 1 aromatic carbocycles. The molecule has 3 rings (SSSR count). The maximum Gasteiger partial charge on any atom is 0.269 e. The Hall–Kier alpha value is -1.60. The summed E-state index contributed by atoms with van der Waals surface area (Å²) in [5.74, 6) is 1.12. The smallest absolute Gasteiger partial charge is 0.269 e. The van der Waals surface area contributed by atoms with Crippen LogP contribution >= 0.6 is 11.8 Å². The lowest BCUT2D eigenvalue weighted by Gasteiger charge is -2.37. The molecule has 1 aromatic rings. The van der Waals surface area contributed by atoms with E-state index in [-0.39, 0.29) is 34.3 Å². The minimum atomic E-state index is -0.334. The van der Waals surface area contributed by atoms with Crippen LogP contribution in [-0.4, -0.2) is 44.5 Å². The van der Waals surface area contributed by atoms with E-state index in [1.54, 1.807) is 30.0 Å². The summed E-state index contributed by atoms with van der Waals surface area (Å²) in [7, 11) is 0. The highest BCUT2D eigenvalue weighted by Crippen LogP contribution is 2.39. The predicted molar refractivity (Wildman–Crippen MR) is 125 cm³/mol. The molecule has 2 aliphatic rings. The third-order valence-corrected chi connectivity index (χ3v) is 6.89. The van der Waals surface area contributed by atoms with Crippen LogP contribution in [0.2, 0.25) is 0 Å². The van der Waals surface area contributed by atoms with Crippen LogP contribution in [-0.2, 0) is 4.74 Å². The number of nitrogens with zero attached hydrogens (tertiary/aromatic N) is 3. The third kappa shape index (κ3) is 5.35. The molecule has 1 heterocycles. The Morgan fingerprint density at radius 1 is 1.23 bits per heavy atom. The zero-order chi connectivity index (χ0) is 22.1. The van der Waals surface area contributed by atoms with Gasteiger partial charge in [0.2, 0.25) is 0 Å². The average molecular weight is 434 g/mol. The molecular formula is C23H35N3O3S. The molecule has 0 radical (unpaired) electrons. The first-order valence-corrected chi connectivity index (χ1v) is 12.0. The van der Waals surface area contributed by atoms with E-state index in [1.165, 1.54) is 25.7 Å². The molecule has 166 valence electrons. The fourth-order valence-electron chi connectivity index (χ4n) is 4.48. The maximum atomic E-state index is 11.2. The van der Waals surface area contributed by atoms with Gasteiger partial charge in [-0.25, -0.2) is 4.99 Å². The van der Waals surface area contributed by atoms with Crippen molar-refractivity contribution in [2.45, 2.75) is 96.9 Å². The van der Waals surface area contributed by atoms with E-state index in [9.17, 15) is 10.1 Å². The third-order valence-electron chi connectivity index (χ3n) is 5.82. The van der Waals surface area contributed by atoms with Crippen molar-refractivity contribution in [2.75, 3.05) is 5.75 Å². The lowest BCUT2D eigenvalue weighted by atomic mass is 10.0. The van der Waals surface area contributed by atoms with Crippen LogP contribution in [0.15, 0.2) is 23.2 Å². The highest BCUT2D eigenvalue weighted by molar-refractivity contribution is 8.14. The van der Waals surface area contributed by atoms with E-state index in [0.29, 0.717) is 6.04 Å². The Labute approximate surface area is 184 Å². The number of thioether (sulfide) groups is 1. The van der Waals surface area contributed by atoms with Crippen LogP contribution in [0.1, 0.15) is 78.7 Å². The summed E-state index contributed by atoms with van der Waals surface area (Å²) in [6.45, 7) is 12.6. The molecule has 0 spiro atoms. The van der Waals surface area contributed by atoms with Gasteiger partial charge in [0.15, 0.2) is 5.17 Å². The highest BCUT2D eigenvalue weighted by atomic mass is 32.2. The Bertz CT molecular complexity index is 797. The Kier molecular flexibility index (Phi) is 7.13. The van der Waals surface area contributed by atoms with Crippen LogP contribution < -0.4 is 0 Å². The van der Waals surface area contributed by atoms with Gasteiger partial charge in [-0.1, -0.05) is 38.5 Å². The number of benzene rings is 1. The fourth-order valence-corrected chi connectivity index (χ4v) is 5.82. The number of hydrogen-bond acceptors (Lipinski definition) is 5. The standard InChI is InChI=1S/C23H35N3O3S/c1-15(2)19-13-18(26(27)28)11-12-20(19)24-22-25(17-9-7-8-10-17)21(14-30-22)16(3)29-23(4,5)6/h11-13,15-17,21H,7-10,14H2,1-6H3/t16?,21-/m1/s1. The van der Waals surface area contributed by atoms with Crippen molar-refractivity contribution in [3.63, 3.8) is 0 Å². The van der Waals surface area contributed by atoms with E-state index in [1.807, 2.05) is 0 Å². The summed E-state index contributed by atoms with van der Waals surface area (Å²) >= 11 is 1.79. The van der Waals surface area contributed by atoms with Crippen molar-refractivity contribution in [3.05, 3.63) is 33.9 Å². The van der Waals surface area contributed by atoms with Crippen LogP contribution in [0.3, 0.4) is 0 Å². The molecule has 0 amide bonds. The first kappa shape index (κ1) is 23.1. The van der Waals surface area contributed by atoms with E-state index in [2.05, 4.69) is 46.4 Å². The van der Waals surface area contributed by atoms with Crippen molar-refractivity contribution in [2.24, 2.45) is 4.99 Å². The van der Waals surface area contributed by atoms with Crippen LogP contribution in [0, 0.1) is 10.1 Å². The molecular weight excluding hydrogens is 398 g/mol. The first-order chi connectivity index (χ1) is 14.1. The molecule has 0 aromatic heterocycles. The Morgan fingerprint density at radius 3 is 2.47 bits per heavy atom. The lowest BCUT2D eigenvalue weighted by molar-refractivity contribution is -0.384. The summed E-state index contributed by atoms with van der Waals surface area (Å²) in [5, 5.41) is 12.3. The second-order valence-corrected chi connectivity index (χ2v) is 10.7. The Balaban J connectivity index is 1.95. The quantitative estimate of drug-likeness (QED) is 0.391. The minimum Gasteiger partial charge on any atom is -0.371 e. The van der Waals surface area contributed by atoms with Gasteiger partial charge < -0.3 is 9.64 Å². The van der Waals surface area contributed by atoms with Crippen molar-refractivity contribution in [1.82, 2.24) is 4.90 Å². The van der Waals surface area contributed by atoms with Crippen molar-refractivity contribution in [1.29, 1.82) is 0 Å². The summed E-state index contributed by atoms with van der Waals surface area (Å²) in [6.07, 6.45) is 5.00.